The van der Waals surface area contributed by atoms with E-state index in [1.54, 1.807) is 23.2 Å². The molecule has 68 valence electrons. The molecule has 0 saturated carbocycles. The zero-order valence-electron chi connectivity index (χ0n) is 7.24. The maximum atomic E-state index is 11.4. The van der Waals surface area contributed by atoms with E-state index < -0.39 is 0 Å². The van der Waals surface area contributed by atoms with Gasteiger partial charge in [-0.15, -0.1) is 0 Å². The van der Waals surface area contributed by atoms with Gasteiger partial charge in [0.25, 0.3) is 5.56 Å². The smallest absolute Gasteiger partial charge is 0.276 e. The SMILES string of the molecule is Cn1c(=S)n(C)c2c(=O)[nH]cnc21. The van der Waals surface area contributed by atoms with Gasteiger partial charge in [-0.3, -0.25) is 4.79 Å². The first-order valence-corrected chi connectivity index (χ1v) is 4.13. The number of hydrogen-bond acceptors (Lipinski definition) is 3. The number of aryl methyl sites for hydroxylation is 2. The first-order valence-electron chi connectivity index (χ1n) is 3.72. The van der Waals surface area contributed by atoms with Gasteiger partial charge < -0.3 is 14.1 Å². The maximum Gasteiger partial charge on any atom is 0.276 e. The van der Waals surface area contributed by atoms with Crippen LogP contribution in [-0.2, 0) is 14.1 Å². The highest BCUT2D eigenvalue weighted by Crippen LogP contribution is 2.06. The van der Waals surface area contributed by atoms with E-state index in [4.69, 9.17) is 12.2 Å². The molecular formula is C7H8N4OS. The van der Waals surface area contributed by atoms with Crippen molar-refractivity contribution >= 4 is 23.4 Å². The summed E-state index contributed by atoms with van der Waals surface area (Å²) < 4.78 is 3.94. The second kappa shape index (κ2) is 2.53. The van der Waals surface area contributed by atoms with Gasteiger partial charge in [0.1, 0.15) is 0 Å². The number of aromatic nitrogens is 4. The number of nitrogens with zero attached hydrogens (tertiary/aromatic N) is 3. The molecule has 0 bridgehead atoms. The molecule has 2 aromatic heterocycles. The van der Waals surface area contributed by atoms with Crippen molar-refractivity contribution < 1.29 is 0 Å². The summed E-state index contributed by atoms with van der Waals surface area (Å²) >= 11 is 5.09. The van der Waals surface area contributed by atoms with Gasteiger partial charge in [0.05, 0.1) is 6.33 Å². The van der Waals surface area contributed by atoms with Crippen LogP contribution in [0.4, 0.5) is 0 Å². The summed E-state index contributed by atoms with van der Waals surface area (Å²) in [5.74, 6) is 0. The average molecular weight is 196 g/mol. The summed E-state index contributed by atoms with van der Waals surface area (Å²) in [6, 6.07) is 0. The van der Waals surface area contributed by atoms with Gasteiger partial charge in [-0.1, -0.05) is 0 Å². The van der Waals surface area contributed by atoms with Crippen molar-refractivity contribution in [3.63, 3.8) is 0 Å². The zero-order valence-corrected chi connectivity index (χ0v) is 8.05. The molecule has 0 unspecified atom stereocenters. The molecule has 0 aliphatic carbocycles. The van der Waals surface area contributed by atoms with Gasteiger partial charge in [0.2, 0.25) is 0 Å². The van der Waals surface area contributed by atoms with Crippen molar-refractivity contribution in [2.45, 2.75) is 0 Å². The lowest BCUT2D eigenvalue weighted by molar-refractivity contribution is 0.829. The van der Waals surface area contributed by atoms with Crippen molar-refractivity contribution in [2.24, 2.45) is 14.1 Å². The van der Waals surface area contributed by atoms with Crippen molar-refractivity contribution in [2.75, 3.05) is 0 Å². The lowest BCUT2D eigenvalue weighted by Gasteiger charge is -1.90. The molecule has 0 atom stereocenters. The Hall–Kier alpha value is -1.43. The van der Waals surface area contributed by atoms with E-state index in [-0.39, 0.29) is 5.56 Å². The Morgan fingerprint density at radius 2 is 2.15 bits per heavy atom. The summed E-state index contributed by atoms with van der Waals surface area (Å²) in [5, 5.41) is 0. The van der Waals surface area contributed by atoms with Crippen LogP contribution in [0.3, 0.4) is 0 Å². The van der Waals surface area contributed by atoms with Crippen LogP contribution in [0.5, 0.6) is 0 Å². The second-order valence-corrected chi connectivity index (χ2v) is 3.17. The van der Waals surface area contributed by atoms with Crippen molar-refractivity contribution in [1.82, 2.24) is 19.1 Å². The van der Waals surface area contributed by atoms with Crippen molar-refractivity contribution in [3.05, 3.63) is 21.5 Å². The average Bonchev–Trinajstić information content (AvgIpc) is 2.33. The highest BCUT2D eigenvalue weighted by molar-refractivity contribution is 7.71. The first kappa shape index (κ1) is 8.18. The predicted molar refractivity (Wildman–Crippen MR) is 51.1 cm³/mol. The van der Waals surface area contributed by atoms with Gasteiger partial charge in [-0.25, -0.2) is 4.98 Å². The third-order valence-corrected chi connectivity index (χ3v) is 2.58. The number of rotatable bonds is 0. The van der Waals surface area contributed by atoms with Crippen LogP contribution in [0.1, 0.15) is 0 Å². The van der Waals surface area contributed by atoms with Gasteiger partial charge in [0.15, 0.2) is 15.9 Å². The second-order valence-electron chi connectivity index (χ2n) is 2.80. The molecule has 0 spiro atoms. The minimum atomic E-state index is -0.167. The Bertz CT molecular complexity index is 576. The number of imidazole rings is 1. The van der Waals surface area contributed by atoms with E-state index in [1.165, 1.54) is 6.33 Å². The summed E-state index contributed by atoms with van der Waals surface area (Å²) in [6.45, 7) is 0. The number of fused-ring (bicyclic) bond motifs is 1. The van der Waals surface area contributed by atoms with Crippen LogP contribution in [-0.4, -0.2) is 19.1 Å². The fraction of sp³-hybridized carbons (Fsp3) is 0.286. The molecule has 0 radical (unpaired) electrons. The molecule has 1 N–H and O–H groups in total. The van der Waals surface area contributed by atoms with E-state index >= 15 is 0 Å². The topological polar surface area (TPSA) is 55.6 Å². The Morgan fingerprint density at radius 3 is 2.77 bits per heavy atom. The minimum absolute atomic E-state index is 0.167. The third kappa shape index (κ3) is 0.951. The third-order valence-electron chi connectivity index (χ3n) is 2.04. The van der Waals surface area contributed by atoms with Crippen LogP contribution in [0.25, 0.3) is 11.2 Å². The molecule has 13 heavy (non-hydrogen) atoms. The molecule has 2 rings (SSSR count). The van der Waals surface area contributed by atoms with Crippen molar-refractivity contribution in [3.8, 4) is 0 Å². The van der Waals surface area contributed by atoms with E-state index in [1.807, 2.05) is 0 Å². The van der Waals surface area contributed by atoms with E-state index in [0.29, 0.717) is 15.9 Å². The summed E-state index contributed by atoms with van der Waals surface area (Å²) in [7, 11) is 3.54. The minimum Gasteiger partial charge on any atom is -0.314 e. The fourth-order valence-electron chi connectivity index (χ4n) is 1.34. The Morgan fingerprint density at radius 1 is 1.46 bits per heavy atom. The monoisotopic (exact) mass is 196 g/mol. The highest BCUT2D eigenvalue weighted by atomic mass is 32.1. The summed E-state index contributed by atoms with van der Waals surface area (Å²) in [6.07, 6.45) is 1.37. The fourth-order valence-corrected chi connectivity index (χ4v) is 1.52. The highest BCUT2D eigenvalue weighted by Gasteiger charge is 2.08. The van der Waals surface area contributed by atoms with Crippen LogP contribution < -0.4 is 5.56 Å². The summed E-state index contributed by atoms with van der Waals surface area (Å²) in [4.78, 5) is 17.9. The summed E-state index contributed by atoms with van der Waals surface area (Å²) in [5.41, 5.74) is 0.949. The Kier molecular flexibility index (Phi) is 1.59. The Balaban J connectivity index is 3.22. The number of H-pyrrole nitrogens is 1. The zero-order chi connectivity index (χ0) is 9.59. The molecule has 6 heteroatoms. The predicted octanol–water partition coefficient (Wildman–Crippen LogP) is 0.330. The maximum absolute atomic E-state index is 11.4. The van der Waals surface area contributed by atoms with Gasteiger partial charge in [-0.05, 0) is 12.2 Å². The molecule has 0 aliphatic heterocycles. The van der Waals surface area contributed by atoms with E-state index in [9.17, 15) is 4.79 Å². The molecule has 2 heterocycles. The number of hydrogen-bond donors (Lipinski definition) is 1. The molecular weight excluding hydrogens is 188 g/mol. The molecule has 0 aliphatic rings. The van der Waals surface area contributed by atoms with Crippen LogP contribution in [0.2, 0.25) is 0 Å². The molecule has 0 fully saturated rings. The molecule has 0 aromatic carbocycles. The van der Waals surface area contributed by atoms with Crippen LogP contribution in [0, 0.1) is 4.77 Å². The van der Waals surface area contributed by atoms with Gasteiger partial charge in [-0.2, -0.15) is 0 Å². The van der Waals surface area contributed by atoms with Gasteiger partial charge >= 0.3 is 0 Å². The lowest BCUT2D eigenvalue weighted by Crippen LogP contribution is -2.09. The number of nitrogens with one attached hydrogen (secondary N) is 1. The lowest BCUT2D eigenvalue weighted by atomic mass is 10.5. The molecule has 0 amide bonds. The standard InChI is InChI=1S/C7H8N4OS/c1-10-4-5(11(2)7(10)13)8-3-9-6(4)12/h3H,1-2H3,(H,8,9,12). The first-order chi connectivity index (χ1) is 6.13. The quantitative estimate of drug-likeness (QED) is 0.618. The molecule has 2 aromatic rings. The van der Waals surface area contributed by atoms with Crippen LogP contribution in [0.15, 0.2) is 11.1 Å². The van der Waals surface area contributed by atoms with Crippen molar-refractivity contribution in [1.29, 1.82) is 0 Å². The van der Waals surface area contributed by atoms with E-state index in [0.717, 1.165) is 0 Å². The molecule has 5 nitrogen and oxygen atoms in total. The number of aromatic amines is 1. The normalized spacial score (nSPS) is 10.9. The van der Waals surface area contributed by atoms with Gasteiger partial charge in [0, 0.05) is 14.1 Å². The Labute approximate surface area is 78.7 Å². The molecule has 0 saturated heterocycles. The van der Waals surface area contributed by atoms with E-state index in [2.05, 4.69) is 9.97 Å². The van der Waals surface area contributed by atoms with Crippen LogP contribution >= 0.6 is 12.2 Å². The largest absolute Gasteiger partial charge is 0.314 e.